The van der Waals surface area contributed by atoms with Crippen molar-refractivity contribution in [3.8, 4) is 0 Å². The molecule has 0 heterocycles. The fourth-order valence-corrected chi connectivity index (χ4v) is 2.65. The van der Waals surface area contributed by atoms with Crippen LogP contribution in [0.4, 0.5) is 0 Å². The predicted octanol–water partition coefficient (Wildman–Crippen LogP) is 2.70. The van der Waals surface area contributed by atoms with Crippen LogP contribution in [0.2, 0.25) is 0 Å². The van der Waals surface area contributed by atoms with Crippen molar-refractivity contribution >= 4 is 10.8 Å². The molecule has 0 bridgehead atoms. The van der Waals surface area contributed by atoms with E-state index >= 15 is 0 Å². The Kier molecular flexibility index (Phi) is 5.45. The molecule has 1 aliphatic carbocycles. The summed E-state index contributed by atoms with van der Waals surface area (Å²) in [5.74, 6) is 0. The van der Waals surface area contributed by atoms with Crippen LogP contribution in [0.25, 0.3) is 0 Å². The molecule has 0 aromatic heterocycles. The molecule has 0 radical (unpaired) electrons. The van der Waals surface area contributed by atoms with Gasteiger partial charge in [-0.1, -0.05) is 20.3 Å². The number of hydrogen-bond donors (Lipinski definition) is 1. The third kappa shape index (κ3) is 4.96. The van der Waals surface area contributed by atoms with Gasteiger partial charge in [0.1, 0.15) is 0 Å². The Morgan fingerprint density at radius 3 is 2.69 bits per heavy atom. The van der Waals surface area contributed by atoms with E-state index in [1.54, 1.807) is 6.26 Å². The topological polar surface area (TPSA) is 29.1 Å². The molecule has 1 N–H and O–H groups in total. The molecule has 3 atom stereocenters. The number of nitrogens with one attached hydrogen (secondary N) is 1. The summed E-state index contributed by atoms with van der Waals surface area (Å²) in [6.07, 6.45) is 8.34. The highest BCUT2D eigenvalue weighted by Gasteiger charge is 2.24. The molecule has 1 fully saturated rings. The van der Waals surface area contributed by atoms with E-state index in [1.807, 2.05) is 0 Å². The molecule has 0 amide bonds. The Labute approximate surface area is 103 Å². The Morgan fingerprint density at radius 2 is 2.06 bits per heavy atom. The van der Waals surface area contributed by atoms with E-state index in [4.69, 9.17) is 0 Å². The minimum absolute atomic E-state index is 0.274. The first-order valence-corrected chi connectivity index (χ1v) is 8.08. The molecule has 1 saturated carbocycles. The number of hydrogen-bond acceptors (Lipinski definition) is 2. The zero-order valence-corrected chi connectivity index (χ0v) is 12.0. The van der Waals surface area contributed by atoms with Gasteiger partial charge in [-0.3, -0.25) is 4.21 Å². The van der Waals surface area contributed by atoms with Gasteiger partial charge < -0.3 is 5.32 Å². The zero-order valence-electron chi connectivity index (χ0n) is 11.2. The third-order valence-corrected chi connectivity index (χ3v) is 5.14. The van der Waals surface area contributed by atoms with E-state index in [9.17, 15) is 4.21 Å². The summed E-state index contributed by atoms with van der Waals surface area (Å²) in [6, 6.07) is 0.646. The van der Waals surface area contributed by atoms with Gasteiger partial charge in [-0.25, -0.2) is 0 Å². The zero-order chi connectivity index (χ0) is 12.2. The van der Waals surface area contributed by atoms with Crippen LogP contribution in [0.15, 0.2) is 0 Å². The molecule has 0 spiro atoms. The van der Waals surface area contributed by atoms with Crippen LogP contribution >= 0.6 is 0 Å². The van der Waals surface area contributed by atoms with Crippen LogP contribution in [0.3, 0.4) is 0 Å². The summed E-state index contributed by atoms with van der Waals surface area (Å²) in [7, 11) is -0.697. The second kappa shape index (κ2) is 6.15. The van der Waals surface area contributed by atoms with Gasteiger partial charge in [0, 0.05) is 34.9 Å². The third-order valence-electron chi connectivity index (χ3n) is 3.84. The van der Waals surface area contributed by atoms with E-state index in [-0.39, 0.29) is 5.25 Å². The van der Waals surface area contributed by atoms with Gasteiger partial charge in [0.25, 0.3) is 0 Å². The average Bonchev–Trinajstić information content (AvgIpc) is 2.36. The summed E-state index contributed by atoms with van der Waals surface area (Å²) >= 11 is 0. The monoisotopic (exact) mass is 245 g/mol. The Morgan fingerprint density at radius 1 is 1.38 bits per heavy atom. The lowest BCUT2D eigenvalue weighted by atomic mass is 9.85. The normalized spacial score (nSPS) is 29.4. The molecule has 0 saturated heterocycles. The van der Waals surface area contributed by atoms with Crippen molar-refractivity contribution in [2.75, 3.05) is 12.8 Å². The molecule has 0 aromatic rings. The van der Waals surface area contributed by atoms with Gasteiger partial charge in [-0.2, -0.15) is 0 Å². The molecule has 0 aliphatic heterocycles. The minimum atomic E-state index is -0.697. The molecular weight excluding hydrogens is 218 g/mol. The van der Waals surface area contributed by atoms with E-state index in [0.717, 1.165) is 6.54 Å². The lowest BCUT2D eigenvalue weighted by Gasteiger charge is -2.22. The lowest BCUT2D eigenvalue weighted by Crippen LogP contribution is -2.35. The molecule has 2 nitrogen and oxygen atoms in total. The molecular formula is C13H27NOS. The minimum Gasteiger partial charge on any atom is -0.313 e. The summed E-state index contributed by atoms with van der Waals surface area (Å²) in [4.78, 5) is 0. The van der Waals surface area contributed by atoms with Crippen LogP contribution < -0.4 is 5.32 Å². The maximum absolute atomic E-state index is 11.3. The molecule has 16 heavy (non-hydrogen) atoms. The molecule has 96 valence electrons. The van der Waals surface area contributed by atoms with Crippen molar-refractivity contribution in [2.45, 2.75) is 64.2 Å². The highest BCUT2D eigenvalue weighted by atomic mass is 32.2. The quantitative estimate of drug-likeness (QED) is 0.772. The van der Waals surface area contributed by atoms with Gasteiger partial charge in [0.05, 0.1) is 0 Å². The first-order chi connectivity index (χ1) is 7.41. The van der Waals surface area contributed by atoms with Crippen LogP contribution in [0.1, 0.15) is 52.9 Å². The maximum atomic E-state index is 11.3. The maximum Gasteiger partial charge on any atom is 0.0441 e. The van der Waals surface area contributed by atoms with Crippen molar-refractivity contribution in [2.24, 2.45) is 5.41 Å². The number of rotatable bonds is 4. The first-order valence-electron chi connectivity index (χ1n) is 6.46. The summed E-state index contributed by atoms with van der Waals surface area (Å²) in [6.45, 7) is 7.70. The van der Waals surface area contributed by atoms with E-state index in [2.05, 4.69) is 26.1 Å². The van der Waals surface area contributed by atoms with Crippen LogP contribution in [0.5, 0.6) is 0 Å². The van der Waals surface area contributed by atoms with Gasteiger partial charge in [-0.05, 0) is 38.0 Å². The summed E-state index contributed by atoms with van der Waals surface area (Å²) < 4.78 is 11.3. The highest BCUT2D eigenvalue weighted by molar-refractivity contribution is 7.84. The fraction of sp³-hybridized carbons (Fsp3) is 1.00. The van der Waals surface area contributed by atoms with Crippen LogP contribution in [-0.2, 0) is 10.8 Å². The van der Waals surface area contributed by atoms with Crippen molar-refractivity contribution in [3.05, 3.63) is 0 Å². The molecule has 3 heteroatoms. The van der Waals surface area contributed by atoms with Crippen molar-refractivity contribution < 1.29 is 4.21 Å². The van der Waals surface area contributed by atoms with Gasteiger partial charge >= 0.3 is 0 Å². The van der Waals surface area contributed by atoms with Gasteiger partial charge in [0.15, 0.2) is 0 Å². The first kappa shape index (κ1) is 14.2. The molecule has 3 unspecified atom stereocenters. The van der Waals surface area contributed by atoms with Crippen molar-refractivity contribution in [1.29, 1.82) is 0 Å². The molecule has 0 aromatic carbocycles. The van der Waals surface area contributed by atoms with Gasteiger partial charge in [-0.15, -0.1) is 0 Å². The van der Waals surface area contributed by atoms with E-state index in [0.29, 0.717) is 11.5 Å². The predicted molar refractivity (Wildman–Crippen MR) is 72.2 cm³/mol. The SMILES string of the molecule is CC(CNC1CCCC(C)(C)CC1)S(C)=O. The lowest BCUT2D eigenvalue weighted by molar-refractivity contribution is 0.310. The Balaban J connectivity index is 2.30. The van der Waals surface area contributed by atoms with E-state index < -0.39 is 10.8 Å². The molecule has 1 rings (SSSR count). The second-order valence-corrected chi connectivity index (χ2v) is 7.81. The van der Waals surface area contributed by atoms with Crippen LogP contribution in [-0.4, -0.2) is 28.3 Å². The Hall–Kier alpha value is 0.110. The largest absolute Gasteiger partial charge is 0.313 e. The van der Waals surface area contributed by atoms with Crippen LogP contribution in [0, 0.1) is 5.41 Å². The summed E-state index contributed by atoms with van der Waals surface area (Å²) in [5.41, 5.74) is 0.523. The van der Waals surface area contributed by atoms with Gasteiger partial charge in [0.2, 0.25) is 0 Å². The van der Waals surface area contributed by atoms with Crippen molar-refractivity contribution in [1.82, 2.24) is 5.32 Å². The Bertz CT molecular complexity index is 240. The second-order valence-electron chi connectivity index (χ2n) is 6.01. The van der Waals surface area contributed by atoms with Crippen molar-refractivity contribution in [3.63, 3.8) is 0 Å². The standard InChI is InChI=1S/C13H27NOS/c1-11(16(4)15)10-14-12-6-5-8-13(2,3)9-7-12/h11-12,14H,5-10H2,1-4H3. The smallest absolute Gasteiger partial charge is 0.0441 e. The average molecular weight is 245 g/mol. The highest BCUT2D eigenvalue weighted by Crippen LogP contribution is 2.33. The molecule has 1 aliphatic rings. The van der Waals surface area contributed by atoms with E-state index in [1.165, 1.54) is 32.1 Å². The fourth-order valence-electron chi connectivity index (χ4n) is 2.32. The summed E-state index contributed by atoms with van der Waals surface area (Å²) in [5, 5.41) is 3.86.